The zero-order valence-corrected chi connectivity index (χ0v) is 20.5. The summed E-state index contributed by atoms with van der Waals surface area (Å²) in [4.78, 5) is 25.8. The lowest BCUT2D eigenvalue weighted by Gasteiger charge is -2.26. The number of para-hydroxylation sites is 1. The summed E-state index contributed by atoms with van der Waals surface area (Å²) in [6.07, 6.45) is 3.63. The summed E-state index contributed by atoms with van der Waals surface area (Å²) >= 11 is 0. The van der Waals surface area contributed by atoms with Crippen molar-refractivity contribution in [3.63, 3.8) is 0 Å². The van der Waals surface area contributed by atoms with Crippen molar-refractivity contribution in [2.45, 2.75) is 0 Å². The summed E-state index contributed by atoms with van der Waals surface area (Å²) in [5, 5.41) is 4.89. The molecule has 0 radical (unpaired) electrons. The van der Waals surface area contributed by atoms with Crippen molar-refractivity contribution in [3.8, 4) is 22.5 Å². The van der Waals surface area contributed by atoms with Crippen LogP contribution in [-0.4, -0.2) is 63.7 Å². The predicted octanol–water partition coefficient (Wildman–Crippen LogP) is 4.70. The van der Waals surface area contributed by atoms with Gasteiger partial charge in [-0.25, -0.2) is 14.5 Å². The predicted molar refractivity (Wildman–Crippen MR) is 143 cm³/mol. The van der Waals surface area contributed by atoms with E-state index in [9.17, 15) is 4.79 Å². The fraction of sp³-hybridized carbons (Fsp3) is 0.172. The van der Waals surface area contributed by atoms with Gasteiger partial charge in [-0.05, 0) is 48.5 Å². The summed E-state index contributed by atoms with van der Waals surface area (Å²) < 4.78 is 7.21. The van der Waals surface area contributed by atoms with Gasteiger partial charge in [-0.2, -0.15) is 5.10 Å². The Morgan fingerprint density at radius 1 is 0.892 bits per heavy atom. The molecule has 1 amide bonds. The maximum atomic E-state index is 12.8. The average Bonchev–Trinajstić information content (AvgIpc) is 3.41. The van der Waals surface area contributed by atoms with E-state index in [0.29, 0.717) is 31.9 Å². The Balaban J connectivity index is 1.29. The molecule has 3 aromatic heterocycles. The molecule has 1 saturated heterocycles. The van der Waals surface area contributed by atoms with Crippen LogP contribution in [0.15, 0.2) is 91.3 Å². The molecule has 0 unspecified atom stereocenters. The lowest BCUT2D eigenvalue weighted by atomic mass is 10.1. The van der Waals surface area contributed by atoms with Crippen molar-refractivity contribution in [2.75, 3.05) is 38.3 Å². The molecule has 0 bridgehead atoms. The van der Waals surface area contributed by atoms with Crippen LogP contribution in [0.3, 0.4) is 0 Å². The van der Waals surface area contributed by atoms with Crippen LogP contribution in [0.5, 0.6) is 0 Å². The molecule has 8 nitrogen and oxygen atoms in total. The molecule has 0 spiro atoms. The lowest BCUT2D eigenvalue weighted by molar-refractivity contribution is 0.0303. The molecule has 0 saturated carbocycles. The van der Waals surface area contributed by atoms with Gasteiger partial charge in [0.05, 0.1) is 30.8 Å². The van der Waals surface area contributed by atoms with Gasteiger partial charge in [0, 0.05) is 48.7 Å². The van der Waals surface area contributed by atoms with E-state index in [1.165, 1.54) is 0 Å². The highest BCUT2D eigenvalue weighted by Gasteiger charge is 2.18. The van der Waals surface area contributed by atoms with Gasteiger partial charge in [-0.15, -0.1) is 0 Å². The second kappa shape index (κ2) is 9.83. The lowest BCUT2D eigenvalue weighted by Crippen LogP contribution is -2.40. The molecule has 2 aromatic carbocycles. The number of carbonyl (C=O) groups excluding carboxylic acids is 1. The standard InChI is InChI=1S/C29H26N6O2/c1-33(24-5-3-2-4-6-24)28-19-23(13-14-30-28)26-20-31-27-12-11-25(32-35(26)27)21-7-9-22(10-8-21)29(36)34-15-17-37-18-16-34/h2-14,19-20H,15-18H2,1H3. The highest BCUT2D eigenvalue weighted by molar-refractivity contribution is 5.94. The molecule has 1 aliphatic rings. The number of pyridine rings is 1. The Bertz CT molecular complexity index is 1540. The van der Waals surface area contributed by atoms with Gasteiger partial charge >= 0.3 is 0 Å². The van der Waals surface area contributed by atoms with Crippen molar-refractivity contribution >= 4 is 23.1 Å². The number of benzene rings is 2. The number of hydrogen-bond acceptors (Lipinski definition) is 6. The first kappa shape index (κ1) is 22.9. The summed E-state index contributed by atoms with van der Waals surface area (Å²) in [7, 11) is 2.00. The zero-order chi connectivity index (χ0) is 25.2. The summed E-state index contributed by atoms with van der Waals surface area (Å²) in [6.45, 7) is 2.42. The molecule has 1 aliphatic heterocycles. The largest absolute Gasteiger partial charge is 0.378 e. The van der Waals surface area contributed by atoms with Crippen molar-refractivity contribution in [3.05, 3.63) is 96.8 Å². The number of ether oxygens (including phenoxy) is 1. The molecular weight excluding hydrogens is 464 g/mol. The minimum atomic E-state index is 0.0316. The van der Waals surface area contributed by atoms with E-state index in [1.807, 2.05) is 94.3 Å². The van der Waals surface area contributed by atoms with Gasteiger partial charge < -0.3 is 14.5 Å². The van der Waals surface area contributed by atoms with Crippen LogP contribution in [0.2, 0.25) is 0 Å². The van der Waals surface area contributed by atoms with Crippen molar-refractivity contribution < 1.29 is 9.53 Å². The van der Waals surface area contributed by atoms with E-state index >= 15 is 0 Å². The van der Waals surface area contributed by atoms with E-state index in [1.54, 1.807) is 6.20 Å². The monoisotopic (exact) mass is 490 g/mol. The van der Waals surface area contributed by atoms with E-state index in [-0.39, 0.29) is 5.91 Å². The first-order valence-corrected chi connectivity index (χ1v) is 12.2. The van der Waals surface area contributed by atoms with E-state index in [0.717, 1.165) is 39.7 Å². The third kappa shape index (κ3) is 4.54. The van der Waals surface area contributed by atoms with Crippen LogP contribution in [0, 0.1) is 0 Å². The molecule has 184 valence electrons. The smallest absolute Gasteiger partial charge is 0.254 e. The number of carbonyl (C=O) groups is 1. The Morgan fingerprint density at radius 2 is 1.68 bits per heavy atom. The highest BCUT2D eigenvalue weighted by atomic mass is 16.5. The van der Waals surface area contributed by atoms with Gasteiger partial charge in [0.1, 0.15) is 5.82 Å². The van der Waals surface area contributed by atoms with E-state index in [4.69, 9.17) is 9.84 Å². The van der Waals surface area contributed by atoms with Gasteiger partial charge in [0.2, 0.25) is 0 Å². The number of nitrogens with zero attached hydrogens (tertiary/aromatic N) is 6. The molecule has 4 heterocycles. The molecular formula is C29H26N6O2. The fourth-order valence-electron chi connectivity index (χ4n) is 4.50. The maximum absolute atomic E-state index is 12.8. The second-order valence-electron chi connectivity index (χ2n) is 8.91. The van der Waals surface area contributed by atoms with Crippen LogP contribution in [0.1, 0.15) is 10.4 Å². The van der Waals surface area contributed by atoms with Crippen LogP contribution in [-0.2, 0) is 4.74 Å². The number of imidazole rings is 1. The van der Waals surface area contributed by atoms with Gasteiger partial charge in [0.25, 0.3) is 5.91 Å². The Kier molecular flexibility index (Phi) is 6.08. The van der Waals surface area contributed by atoms with Gasteiger partial charge in [-0.3, -0.25) is 4.79 Å². The van der Waals surface area contributed by atoms with Crippen LogP contribution in [0.4, 0.5) is 11.5 Å². The number of morpholine rings is 1. The molecule has 5 aromatic rings. The highest BCUT2D eigenvalue weighted by Crippen LogP contribution is 2.28. The minimum absolute atomic E-state index is 0.0316. The normalized spacial score (nSPS) is 13.6. The number of amides is 1. The Hall–Kier alpha value is -4.56. The van der Waals surface area contributed by atoms with E-state index < -0.39 is 0 Å². The average molecular weight is 491 g/mol. The quantitative estimate of drug-likeness (QED) is 0.356. The number of anilines is 2. The summed E-state index contributed by atoms with van der Waals surface area (Å²) in [5.74, 6) is 0.861. The second-order valence-corrected chi connectivity index (χ2v) is 8.91. The van der Waals surface area contributed by atoms with Crippen molar-refractivity contribution in [1.29, 1.82) is 0 Å². The van der Waals surface area contributed by atoms with Gasteiger partial charge in [0.15, 0.2) is 5.65 Å². The third-order valence-electron chi connectivity index (χ3n) is 6.62. The van der Waals surface area contributed by atoms with Crippen LogP contribution in [0.25, 0.3) is 28.2 Å². The van der Waals surface area contributed by atoms with Crippen molar-refractivity contribution in [2.24, 2.45) is 0 Å². The molecule has 0 N–H and O–H groups in total. The Labute approximate surface area is 214 Å². The van der Waals surface area contributed by atoms with Crippen LogP contribution < -0.4 is 4.90 Å². The number of hydrogen-bond donors (Lipinski definition) is 0. The number of aromatic nitrogens is 4. The van der Waals surface area contributed by atoms with Crippen molar-refractivity contribution in [1.82, 2.24) is 24.5 Å². The maximum Gasteiger partial charge on any atom is 0.254 e. The first-order valence-electron chi connectivity index (χ1n) is 12.2. The SMILES string of the molecule is CN(c1ccccc1)c1cc(-c2cnc3ccc(-c4ccc(C(=O)N5CCOCC5)cc4)nn23)ccn1. The molecule has 37 heavy (non-hydrogen) atoms. The van der Waals surface area contributed by atoms with Crippen LogP contribution >= 0.6 is 0 Å². The molecule has 0 atom stereocenters. The zero-order valence-electron chi connectivity index (χ0n) is 20.5. The fourth-order valence-corrected chi connectivity index (χ4v) is 4.50. The molecule has 8 heteroatoms. The van der Waals surface area contributed by atoms with E-state index in [2.05, 4.69) is 22.1 Å². The summed E-state index contributed by atoms with van der Waals surface area (Å²) in [6, 6.07) is 25.6. The molecule has 1 fully saturated rings. The molecule has 6 rings (SSSR count). The number of fused-ring (bicyclic) bond motifs is 1. The third-order valence-corrected chi connectivity index (χ3v) is 6.62. The molecule has 0 aliphatic carbocycles. The Morgan fingerprint density at radius 3 is 2.46 bits per heavy atom. The van der Waals surface area contributed by atoms with Gasteiger partial charge in [-0.1, -0.05) is 30.3 Å². The number of rotatable bonds is 5. The topological polar surface area (TPSA) is 75.9 Å². The minimum Gasteiger partial charge on any atom is -0.378 e. The first-order chi connectivity index (χ1) is 18.2. The summed E-state index contributed by atoms with van der Waals surface area (Å²) in [5.41, 5.74) is 6.06.